The second-order valence-corrected chi connectivity index (χ2v) is 9.89. The number of aromatic amines is 1. The third-order valence-electron chi connectivity index (χ3n) is 6.83. The summed E-state index contributed by atoms with van der Waals surface area (Å²) in [7, 11) is 0. The molecule has 0 atom stereocenters. The summed E-state index contributed by atoms with van der Waals surface area (Å²) in [6.45, 7) is 1.81. The molecule has 1 aromatic heterocycles. The molecule has 1 saturated heterocycles. The molecule has 2 heterocycles. The predicted molar refractivity (Wildman–Crippen MR) is 167 cm³/mol. The van der Waals surface area contributed by atoms with Crippen molar-refractivity contribution < 1.29 is 24.3 Å². The number of aromatic hydroxyl groups is 1. The van der Waals surface area contributed by atoms with Gasteiger partial charge in [-0.3, -0.25) is 29.5 Å². The van der Waals surface area contributed by atoms with Crippen LogP contribution in [0.25, 0.3) is 17.3 Å². The lowest BCUT2D eigenvalue weighted by atomic mass is 10.0. The molecule has 12 nitrogen and oxygen atoms in total. The lowest BCUT2D eigenvalue weighted by molar-refractivity contribution is -0.122. The number of carbonyl (C=O) groups excluding carboxylic acids is 4. The number of imide groups is 2. The number of nitrogens with two attached hydrogens (primary N) is 1. The molecule has 0 bridgehead atoms. The Morgan fingerprint density at radius 1 is 0.867 bits per heavy atom. The highest BCUT2D eigenvalue weighted by Gasteiger charge is 2.36. The van der Waals surface area contributed by atoms with E-state index in [0.717, 1.165) is 10.1 Å². The van der Waals surface area contributed by atoms with Crippen molar-refractivity contribution in [3.63, 3.8) is 0 Å². The summed E-state index contributed by atoms with van der Waals surface area (Å²) in [6.07, 6.45) is 5.39. The molecule has 1 aliphatic rings. The molecule has 224 valence electrons. The second-order valence-electron chi connectivity index (χ2n) is 9.89. The van der Waals surface area contributed by atoms with E-state index in [1.165, 1.54) is 48.6 Å². The number of benzene rings is 3. The van der Waals surface area contributed by atoms with Gasteiger partial charge in [-0.15, -0.1) is 0 Å². The molecule has 0 radical (unpaired) electrons. The molecule has 5 amide bonds. The molecule has 0 spiro atoms. The van der Waals surface area contributed by atoms with Crippen molar-refractivity contribution in [2.24, 2.45) is 5.73 Å². The van der Waals surface area contributed by atoms with Crippen LogP contribution in [0, 0.1) is 6.92 Å². The van der Waals surface area contributed by atoms with Gasteiger partial charge in [0.25, 0.3) is 17.4 Å². The van der Waals surface area contributed by atoms with Gasteiger partial charge in [-0.2, -0.15) is 0 Å². The predicted octanol–water partition coefficient (Wildman–Crippen LogP) is 2.94. The Bertz CT molecular complexity index is 2090. The summed E-state index contributed by atoms with van der Waals surface area (Å²) in [4.78, 5) is 79.3. The van der Waals surface area contributed by atoms with Gasteiger partial charge in [0.2, 0.25) is 11.8 Å². The van der Waals surface area contributed by atoms with Gasteiger partial charge >= 0.3 is 11.7 Å². The van der Waals surface area contributed by atoms with E-state index < -0.39 is 46.5 Å². The highest BCUT2D eigenvalue weighted by atomic mass is 16.3. The molecule has 5 N–H and O–H groups in total. The Balaban J connectivity index is 1.58. The van der Waals surface area contributed by atoms with Crippen LogP contribution in [0.4, 0.5) is 10.5 Å². The standard InChI is InChI=1S/C33H25N5O7/c1-19-7-5-11-23(17-19)37-30(42)25(28(40)35-32(37)44)15-13-21(20-8-3-2-4-9-20)14-16-26-29(41)36-33(45)38(31(26)43)24-12-6-10-22(18-24)27(34)39/h2-18,40H,1H3,(H2,34,39)(H,35,44)(H,36,41,45). The van der Waals surface area contributed by atoms with E-state index in [1.807, 2.05) is 0 Å². The number of anilines is 1. The van der Waals surface area contributed by atoms with Crippen LogP contribution in [-0.4, -0.2) is 38.4 Å². The number of allylic oxidation sites excluding steroid dienone is 4. The number of barbiturate groups is 1. The van der Waals surface area contributed by atoms with Crippen LogP contribution in [0.1, 0.15) is 27.0 Å². The number of carbonyl (C=O) groups is 4. The molecule has 5 rings (SSSR count). The molecule has 0 aliphatic carbocycles. The van der Waals surface area contributed by atoms with E-state index in [4.69, 9.17) is 5.73 Å². The number of hydrogen-bond acceptors (Lipinski definition) is 7. The normalized spacial score (nSPS) is 14.7. The first kappa shape index (κ1) is 29.9. The maximum atomic E-state index is 13.4. The van der Waals surface area contributed by atoms with Crippen LogP contribution in [0.3, 0.4) is 0 Å². The number of rotatable bonds is 7. The quantitative estimate of drug-likeness (QED) is 0.142. The van der Waals surface area contributed by atoms with Crippen LogP contribution in [0.2, 0.25) is 0 Å². The highest BCUT2D eigenvalue weighted by Crippen LogP contribution is 2.24. The van der Waals surface area contributed by atoms with Crippen molar-refractivity contribution in [2.75, 3.05) is 4.90 Å². The molecule has 0 unspecified atom stereocenters. The Labute approximate surface area is 255 Å². The van der Waals surface area contributed by atoms with Gasteiger partial charge in [-0.05, 0) is 66.1 Å². The van der Waals surface area contributed by atoms with Crippen molar-refractivity contribution in [2.45, 2.75) is 6.92 Å². The summed E-state index contributed by atoms with van der Waals surface area (Å²) in [6, 6.07) is 20.0. The molecule has 0 saturated carbocycles. The number of H-pyrrole nitrogens is 1. The number of nitrogens with one attached hydrogen (secondary N) is 2. The van der Waals surface area contributed by atoms with Gasteiger partial charge in [0, 0.05) is 5.56 Å². The molecule has 1 aliphatic heterocycles. The maximum Gasteiger partial charge on any atom is 0.335 e. The van der Waals surface area contributed by atoms with Gasteiger partial charge in [-0.25, -0.2) is 19.1 Å². The van der Waals surface area contributed by atoms with Crippen LogP contribution < -0.4 is 27.2 Å². The number of aromatic nitrogens is 2. The van der Waals surface area contributed by atoms with E-state index in [-0.39, 0.29) is 16.8 Å². The van der Waals surface area contributed by atoms with E-state index in [2.05, 4.69) is 10.3 Å². The lowest BCUT2D eigenvalue weighted by Crippen LogP contribution is -2.54. The fourth-order valence-electron chi connectivity index (χ4n) is 4.63. The van der Waals surface area contributed by atoms with Crippen LogP contribution >= 0.6 is 0 Å². The van der Waals surface area contributed by atoms with E-state index in [0.29, 0.717) is 21.7 Å². The van der Waals surface area contributed by atoms with Crippen LogP contribution in [0.5, 0.6) is 5.88 Å². The smallest absolute Gasteiger partial charge is 0.335 e. The van der Waals surface area contributed by atoms with Crippen molar-refractivity contribution in [1.82, 2.24) is 14.9 Å². The first-order valence-corrected chi connectivity index (χ1v) is 13.5. The van der Waals surface area contributed by atoms with E-state index in [1.54, 1.807) is 61.5 Å². The number of amides is 5. The molecule has 45 heavy (non-hydrogen) atoms. The van der Waals surface area contributed by atoms with E-state index >= 15 is 0 Å². The zero-order chi connectivity index (χ0) is 32.2. The summed E-state index contributed by atoms with van der Waals surface area (Å²) < 4.78 is 0.893. The lowest BCUT2D eigenvalue weighted by Gasteiger charge is -2.26. The number of hydrogen-bond donors (Lipinski definition) is 4. The molecular formula is C33H25N5O7. The van der Waals surface area contributed by atoms with Crippen molar-refractivity contribution >= 4 is 41.1 Å². The first-order valence-electron chi connectivity index (χ1n) is 13.5. The number of primary amides is 1. The monoisotopic (exact) mass is 603 g/mol. The van der Waals surface area contributed by atoms with Crippen molar-refractivity contribution in [3.8, 4) is 11.6 Å². The largest absolute Gasteiger partial charge is 0.494 e. The minimum Gasteiger partial charge on any atom is -0.494 e. The molecule has 1 fully saturated rings. The maximum absolute atomic E-state index is 13.4. The summed E-state index contributed by atoms with van der Waals surface area (Å²) in [5, 5.41) is 12.6. The Kier molecular flexibility index (Phi) is 8.21. The van der Waals surface area contributed by atoms with Gasteiger partial charge in [0.15, 0.2) is 0 Å². The summed E-state index contributed by atoms with van der Waals surface area (Å²) >= 11 is 0. The topological polar surface area (TPSA) is 185 Å². The van der Waals surface area contributed by atoms with E-state index in [9.17, 15) is 33.9 Å². The van der Waals surface area contributed by atoms with Crippen molar-refractivity contribution in [1.29, 1.82) is 0 Å². The van der Waals surface area contributed by atoms with Gasteiger partial charge < -0.3 is 10.8 Å². The SMILES string of the molecule is Cc1cccc(-n2c(=O)[nH]c(O)c(C=CC(=CC=C3C(=O)NC(=O)N(c4cccc(C(N)=O)c4)C3=O)c3ccccc3)c2=O)c1. The molecule has 4 aromatic rings. The summed E-state index contributed by atoms with van der Waals surface area (Å²) in [5.74, 6) is -3.31. The Morgan fingerprint density at radius 3 is 2.27 bits per heavy atom. The number of urea groups is 1. The minimum absolute atomic E-state index is 0.0257. The van der Waals surface area contributed by atoms with Gasteiger partial charge in [0.05, 0.1) is 11.4 Å². The zero-order valence-electron chi connectivity index (χ0n) is 23.7. The minimum atomic E-state index is -1.01. The first-order chi connectivity index (χ1) is 21.5. The summed E-state index contributed by atoms with van der Waals surface area (Å²) in [5.41, 5.74) is 5.32. The van der Waals surface area contributed by atoms with Crippen molar-refractivity contribution in [3.05, 3.63) is 146 Å². The average Bonchev–Trinajstić information content (AvgIpc) is 3.00. The third-order valence-corrected chi connectivity index (χ3v) is 6.83. The molecule has 12 heteroatoms. The Hall–Kier alpha value is -6.56. The highest BCUT2D eigenvalue weighted by molar-refractivity contribution is 6.37. The molecule has 3 aromatic carbocycles. The van der Waals surface area contributed by atoms with Crippen LogP contribution in [0.15, 0.2) is 112 Å². The number of nitrogens with zero attached hydrogens (tertiary/aromatic N) is 2. The fourth-order valence-corrected chi connectivity index (χ4v) is 4.63. The van der Waals surface area contributed by atoms with Crippen LogP contribution in [-0.2, 0) is 9.59 Å². The Morgan fingerprint density at radius 2 is 1.56 bits per heavy atom. The van der Waals surface area contributed by atoms with Gasteiger partial charge in [0.1, 0.15) is 11.1 Å². The molecular weight excluding hydrogens is 578 g/mol. The second kappa shape index (κ2) is 12.4. The van der Waals surface area contributed by atoms with Gasteiger partial charge in [-0.1, -0.05) is 60.7 Å². The zero-order valence-corrected chi connectivity index (χ0v) is 23.7. The average molecular weight is 604 g/mol. The fraction of sp³-hybridized carbons (Fsp3) is 0.0303. The third kappa shape index (κ3) is 6.15. The number of aryl methyl sites for hydroxylation is 1.